The average molecular weight is 266 g/mol. The molecule has 1 heterocycles. The molecule has 2 rings (SSSR count). The van der Waals surface area contributed by atoms with E-state index >= 15 is 0 Å². The van der Waals surface area contributed by atoms with Crippen LogP contribution < -0.4 is 5.73 Å². The normalized spacial score (nSPS) is 10.4. The molecule has 0 aliphatic heterocycles. The second-order valence-electron chi connectivity index (χ2n) is 3.79. The minimum Gasteiger partial charge on any atom is -0.398 e. The van der Waals surface area contributed by atoms with Crippen molar-refractivity contribution in [3.8, 4) is 0 Å². The van der Waals surface area contributed by atoms with Crippen LogP contribution >= 0.6 is 22.9 Å². The van der Waals surface area contributed by atoms with Crippen molar-refractivity contribution in [1.82, 2.24) is 0 Å². The number of hydrogen-bond acceptors (Lipinski definition) is 3. The number of carbonyl (C=O) groups is 1. The zero-order chi connectivity index (χ0) is 12.3. The molecule has 1 aromatic heterocycles. The van der Waals surface area contributed by atoms with Crippen LogP contribution in [0.15, 0.2) is 35.0 Å². The molecule has 0 unspecified atom stereocenters. The van der Waals surface area contributed by atoms with Gasteiger partial charge in [0.1, 0.15) is 0 Å². The fourth-order valence-electron chi connectivity index (χ4n) is 1.54. The molecule has 0 bridgehead atoms. The van der Waals surface area contributed by atoms with Crippen LogP contribution in [0, 0.1) is 0 Å². The molecule has 2 N–H and O–H groups in total. The summed E-state index contributed by atoms with van der Waals surface area (Å²) in [5.41, 5.74) is 7.92. The molecule has 0 fully saturated rings. The highest BCUT2D eigenvalue weighted by molar-refractivity contribution is 7.07. The van der Waals surface area contributed by atoms with Gasteiger partial charge in [-0.2, -0.15) is 11.3 Å². The Hall–Kier alpha value is -1.32. The van der Waals surface area contributed by atoms with Crippen molar-refractivity contribution in [2.75, 3.05) is 5.73 Å². The third-order valence-electron chi connectivity index (χ3n) is 2.54. The zero-order valence-electron chi connectivity index (χ0n) is 9.15. The molecule has 0 aliphatic carbocycles. The number of ketones is 1. The molecular weight excluding hydrogens is 254 g/mol. The SMILES string of the molecule is Nc1ccc(C(=O)CCc2ccsc2)cc1Cl. The molecule has 0 saturated carbocycles. The fourth-order valence-corrected chi connectivity index (χ4v) is 2.42. The van der Waals surface area contributed by atoms with Crippen LogP contribution in [0.25, 0.3) is 0 Å². The van der Waals surface area contributed by atoms with Crippen molar-refractivity contribution < 1.29 is 4.79 Å². The summed E-state index contributed by atoms with van der Waals surface area (Å²) in [6.07, 6.45) is 1.27. The number of halogens is 1. The first-order valence-electron chi connectivity index (χ1n) is 5.26. The lowest BCUT2D eigenvalue weighted by atomic mass is 10.0. The number of carbonyl (C=O) groups excluding carboxylic acids is 1. The van der Waals surface area contributed by atoms with Crippen LogP contribution in [0.3, 0.4) is 0 Å². The molecule has 0 amide bonds. The van der Waals surface area contributed by atoms with Gasteiger partial charge in [0.2, 0.25) is 0 Å². The van der Waals surface area contributed by atoms with E-state index in [4.69, 9.17) is 17.3 Å². The van der Waals surface area contributed by atoms with Crippen LogP contribution in [0.1, 0.15) is 22.3 Å². The van der Waals surface area contributed by atoms with E-state index in [1.165, 1.54) is 5.56 Å². The number of nitrogens with two attached hydrogens (primary N) is 1. The highest BCUT2D eigenvalue weighted by Gasteiger charge is 2.08. The average Bonchev–Trinajstić information content (AvgIpc) is 2.82. The van der Waals surface area contributed by atoms with Gasteiger partial charge in [-0.25, -0.2) is 0 Å². The molecule has 4 heteroatoms. The largest absolute Gasteiger partial charge is 0.398 e. The Balaban J connectivity index is 2.02. The summed E-state index contributed by atoms with van der Waals surface area (Å²) in [6, 6.07) is 7.05. The Morgan fingerprint density at radius 2 is 2.18 bits per heavy atom. The van der Waals surface area contributed by atoms with Gasteiger partial charge in [-0.05, 0) is 47.0 Å². The van der Waals surface area contributed by atoms with Gasteiger partial charge < -0.3 is 5.73 Å². The number of Topliss-reactive ketones (excluding diaryl/α,β-unsaturated/α-hetero) is 1. The number of thiophene rings is 1. The third-order valence-corrected chi connectivity index (χ3v) is 3.60. The minimum absolute atomic E-state index is 0.0955. The lowest BCUT2D eigenvalue weighted by molar-refractivity contribution is 0.0983. The summed E-state index contributed by atoms with van der Waals surface area (Å²) in [5, 5.41) is 4.51. The van der Waals surface area contributed by atoms with Crippen LogP contribution in [0.4, 0.5) is 5.69 Å². The van der Waals surface area contributed by atoms with E-state index < -0.39 is 0 Å². The van der Waals surface area contributed by atoms with Gasteiger partial charge in [-0.15, -0.1) is 0 Å². The summed E-state index contributed by atoms with van der Waals surface area (Å²) in [4.78, 5) is 11.9. The first kappa shape index (κ1) is 12.1. The third kappa shape index (κ3) is 3.08. The van der Waals surface area contributed by atoms with E-state index in [2.05, 4.69) is 5.38 Å². The van der Waals surface area contributed by atoms with Gasteiger partial charge in [0.25, 0.3) is 0 Å². The van der Waals surface area contributed by atoms with E-state index in [1.54, 1.807) is 29.5 Å². The maximum absolute atomic E-state index is 11.9. The van der Waals surface area contributed by atoms with Gasteiger partial charge in [-0.1, -0.05) is 11.6 Å². The summed E-state index contributed by atoms with van der Waals surface area (Å²) in [7, 11) is 0. The van der Waals surface area contributed by atoms with E-state index in [-0.39, 0.29) is 5.78 Å². The van der Waals surface area contributed by atoms with Crippen molar-refractivity contribution >= 4 is 34.4 Å². The quantitative estimate of drug-likeness (QED) is 0.675. The summed E-state index contributed by atoms with van der Waals surface area (Å²) < 4.78 is 0. The predicted molar refractivity (Wildman–Crippen MR) is 72.8 cm³/mol. The highest BCUT2D eigenvalue weighted by Crippen LogP contribution is 2.21. The zero-order valence-corrected chi connectivity index (χ0v) is 10.7. The molecule has 17 heavy (non-hydrogen) atoms. The molecule has 2 nitrogen and oxygen atoms in total. The number of anilines is 1. The maximum Gasteiger partial charge on any atom is 0.163 e. The molecule has 2 aromatic rings. The van der Waals surface area contributed by atoms with E-state index in [9.17, 15) is 4.79 Å². The van der Waals surface area contributed by atoms with Gasteiger partial charge in [0.05, 0.1) is 10.7 Å². The number of rotatable bonds is 4. The Bertz CT molecular complexity index is 522. The number of hydrogen-bond donors (Lipinski definition) is 1. The van der Waals surface area contributed by atoms with Crippen LogP contribution in [-0.4, -0.2) is 5.78 Å². The lowest BCUT2D eigenvalue weighted by Crippen LogP contribution is -2.01. The molecule has 1 aromatic carbocycles. The number of aryl methyl sites for hydroxylation is 1. The van der Waals surface area contributed by atoms with Crippen LogP contribution in [0.5, 0.6) is 0 Å². The van der Waals surface area contributed by atoms with Crippen molar-refractivity contribution in [3.05, 3.63) is 51.2 Å². The topological polar surface area (TPSA) is 43.1 Å². The summed E-state index contributed by atoms with van der Waals surface area (Å²) >= 11 is 7.52. The summed E-state index contributed by atoms with van der Waals surface area (Å²) in [6.45, 7) is 0. The molecule has 88 valence electrons. The Morgan fingerprint density at radius 3 is 2.82 bits per heavy atom. The van der Waals surface area contributed by atoms with E-state index in [1.807, 2.05) is 11.4 Å². The molecule has 0 spiro atoms. The number of benzene rings is 1. The van der Waals surface area contributed by atoms with Gasteiger partial charge in [0, 0.05) is 12.0 Å². The fraction of sp³-hybridized carbons (Fsp3) is 0.154. The highest BCUT2D eigenvalue weighted by atomic mass is 35.5. The van der Waals surface area contributed by atoms with Crippen molar-refractivity contribution in [1.29, 1.82) is 0 Å². The predicted octanol–water partition coefficient (Wildman–Crippen LogP) is 3.80. The second kappa shape index (κ2) is 5.34. The van der Waals surface area contributed by atoms with Gasteiger partial charge in [-0.3, -0.25) is 4.79 Å². The van der Waals surface area contributed by atoms with Crippen molar-refractivity contribution in [2.45, 2.75) is 12.8 Å². The molecule has 0 atom stereocenters. The first-order chi connectivity index (χ1) is 8.16. The van der Waals surface area contributed by atoms with E-state index in [0.717, 1.165) is 6.42 Å². The molecular formula is C13H12ClNOS. The Labute approximate surface area is 109 Å². The van der Waals surface area contributed by atoms with Crippen molar-refractivity contribution in [2.24, 2.45) is 0 Å². The minimum atomic E-state index is 0.0955. The van der Waals surface area contributed by atoms with Gasteiger partial charge >= 0.3 is 0 Å². The second-order valence-corrected chi connectivity index (χ2v) is 4.98. The maximum atomic E-state index is 11.9. The smallest absolute Gasteiger partial charge is 0.163 e. The molecule has 0 saturated heterocycles. The summed E-state index contributed by atoms with van der Waals surface area (Å²) in [5.74, 6) is 0.0955. The molecule has 0 radical (unpaired) electrons. The molecule has 0 aliphatic rings. The first-order valence-corrected chi connectivity index (χ1v) is 6.58. The van der Waals surface area contributed by atoms with Gasteiger partial charge in [0.15, 0.2) is 5.78 Å². The van der Waals surface area contributed by atoms with Crippen molar-refractivity contribution in [3.63, 3.8) is 0 Å². The monoisotopic (exact) mass is 265 g/mol. The Kier molecular flexibility index (Phi) is 3.82. The van der Waals surface area contributed by atoms with Crippen LogP contribution in [0.2, 0.25) is 5.02 Å². The lowest BCUT2D eigenvalue weighted by Gasteiger charge is -2.03. The number of nitrogen functional groups attached to an aromatic ring is 1. The van der Waals surface area contributed by atoms with E-state index in [0.29, 0.717) is 22.7 Å². The standard InChI is InChI=1S/C13H12ClNOS/c14-11-7-10(2-3-12(11)15)13(16)4-1-9-5-6-17-8-9/h2-3,5-8H,1,4,15H2. The van der Waals surface area contributed by atoms with Crippen LogP contribution in [-0.2, 0) is 6.42 Å². The Morgan fingerprint density at radius 1 is 1.35 bits per heavy atom.